The molecule has 8 nitrogen and oxygen atoms in total. The van der Waals surface area contributed by atoms with Crippen LogP contribution in [0.1, 0.15) is 64.5 Å². The van der Waals surface area contributed by atoms with Gasteiger partial charge in [0.25, 0.3) is 0 Å². The quantitative estimate of drug-likeness (QED) is 0.538. The highest BCUT2D eigenvalue weighted by Crippen LogP contribution is 2.29. The van der Waals surface area contributed by atoms with Crippen LogP contribution in [-0.4, -0.2) is 63.2 Å². The summed E-state index contributed by atoms with van der Waals surface area (Å²) in [6.45, 7) is 6.71. The molecule has 0 radical (unpaired) electrons. The second-order valence-electron chi connectivity index (χ2n) is 9.90. The molecule has 0 spiro atoms. The van der Waals surface area contributed by atoms with E-state index in [9.17, 15) is 14.4 Å². The number of hydrogen-bond donors (Lipinski definition) is 2. The highest BCUT2D eigenvalue weighted by molar-refractivity contribution is 5.88. The van der Waals surface area contributed by atoms with Gasteiger partial charge in [-0.05, 0) is 70.1 Å². The summed E-state index contributed by atoms with van der Waals surface area (Å²) < 4.78 is 0. The lowest BCUT2D eigenvalue weighted by molar-refractivity contribution is -0.139. The maximum atomic E-state index is 13.2. The van der Waals surface area contributed by atoms with Gasteiger partial charge in [0.1, 0.15) is 11.7 Å². The van der Waals surface area contributed by atoms with Crippen LogP contribution in [0.2, 0.25) is 0 Å². The number of H-pyrrole nitrogens is 1. The fourth-order valence-electron chi connectivity index (χ4n) is 5.24. The molecular weight excluding hydrogens is 442 g/mol. The predicted octanol–water partition coefficient (Wildman–Crippen LogP) is 3.55. The lowest BCUT2D eigenvalue weighted by atomic mass is 9.97. The molecule has 0 saturated carbocycles. The molecule has 0 aliphatic carbocycles. The highest BCUT2D eigenvalue weighted by atomic mass is 16.2. The van der Waals surface area contributed by atoms with Crippen molar-refractivity contribution >= 4 is 28.8 Å². The molecule has 0 aromatic carbocycles. The van der Waals surface area contributed by atoms with Crippen LogP contribution < -0.4 is 5.32 Å². The lowest BCUT2D eigenvalue weighted by Crippen LogP contribution is -2.45. The van der Waals surface area contributed by atoms with Crippen molar-refractivity contribution in [2.45, 2.75) is 71.4 Å². The molecule has 0 unspecified atom stereocenters. The summed E-state index contributed by atoms with van der Waals surface area (Å²) in [6.07, 6.45) is 8.71. The fraction of sp³-hybridized carbons (Fsp3) is 0.556. The van der Waals surface area contributed by atoms with Gasteiger partial charge in [-0.1, -0.05) is 11.6 Å². The normalized spacial score (nSPS) is 20.6. The topological polar surface area (TPSA) is 98.4 Å². The van der Waals surface area contributed by atoms with Gasteiger partial charge in [0, 0.05) is 49.8 Å². The number of amides is 3. The number of pyridine rings is 1. The predicted molar refractivity (Wildman–Crippen MR) is 135 cm³/mol. The second kappa shape index (κ2) is 11.5. The average Bonchev–Trinajstić information content (AvgIpc) is 3.61. The third kappa shape index (κ3) is 6.29. The summed E-state index contributed by atoms with van der Waals surface area (Å²) in [4.78, 5) is 49.8. The Labute approximate surface area is 207 Å². The smallest absolute Gasteiger partial charge is 0.243 e. The van der Waals surface area contributed by atoms with Gasteiger partial charge in [0.2, 0.25) is 17.7 Å². The first-order valence-electron chi connectivity index (χ1n) is 12.8. The number of nitrogens with zero attached hydrogens (tertiary/aromatic N) is 3. The maximum absolute atomic E-state index is 13.2. The molecule has 2 saturated heterocycles. The number of nitrogens with one attached hydrogen (secondary N) is 2. The van der Waals surface area contributed by atoms with Crippen molar-refractivity contribution in [3.8, 4) is 0 Å². The third-order valence-electron chi connectivity index (χ3n) is 7.25. The van der Waals surface area contributed by atoms with Gasteiger partial charge < -0.3 is 20.1 Å². The average molecular weight is 480 g/mol. The summed E-state index contributed by atoms with van der Waals surface area (Å²) in [6, 6.07) is 5.36. The highest BCUT2D eigenvalue weighted by Gasteiger charge is 2.39. The Morgan fingerprint density at radius 1 is 1.20 bits per heavy atom. The van der Waals surface area contributed by atoms with Crippen LogP contribution in [0, 0.1) is 5.92 Å². The van der Waals surface area contributed by atoms with Crippen molar-refractivity contribution in [3.05, 3.63) is 41.7 Å². The van der Waals surface area contributed by atoms with E-state index in [1.165, 1.54) is 5.57 Å². The number of fused-ring (bicyclic) bond motifs is 1. The maximum Gasteiger partial charge on any atom is 0.243 e. The van der Waals surface area contributed by atoms with E-state index in [1.54, 1.807) is 11.1 Å². The SMILES string of the molecule is C/C=C(\C)C[C@@H]1C[C@@H](C(=O)NCc2cc3cccnc3[nH]2)N(C(=O)CCCC(=O)N2CCCC2)C1. The van der Waals surface area contributed by atoms with Crippen molar-refractivity contribution in [3.63, 3.8) is 0 Å². The third-order valence-corrected chi connectivity index (χ3v) is 7.25. The number of aromatic amines is 1. The van der Waals surface area contributed by atoms with E-state index in [2.05, 4.69) is 28.3 Å². The molecule has 2 fully saturated rings. The molecule has 4 rings (SSSR count). The van der Waals surface area contributed by atoms with Crippen LogP contribution in [0.25, 0.3) is 11.0 Å². The molecule has 3 amide bonds. The number of allylic oxidation sites excluding steroid dienone is 2. The van der Waals surface area contributed by atoms with E-state index in [0.29, 0.717) is 38.8 Å². The van der Waals surface area contributed by atoms with E-state index < -0.39 is 6.04 Å². The largest absolute Gasteiger partial charge is 0.349 e. The Balaban J connectivity index is 1.35. The number of carbonyl (C=O) groups excluding carboxylic acids is 3. The van der Waals surface area contributed by atoms with Gasteiger partial charge in [0.05, 0.1) is 6.54 Å². The molecule has 0 bridgehead atoms. The van der Waals surface area contributed by atoms with Crippen molar-refractivity contribution in [2.24, 2.45) is 5.92 Å². The van der Waals surface area contributed by atoms with Crippen molar-refractivity contribution in [1.82, 2.24) is 25.1 Å². The second-order valence-corrected chi connectivity index (χ2v) is 9.90. The number of hydrogen-bond acceptors (Lipinski definition) is 4. The first-order valence-corrected chi connectivity index (χ1v) is 12.8. The molecule has 2 aromatic rings. The summed E-state index contributed by atoms with van der Waals surface area (Å²) in [7, 11) is 0. The molecular formula is C27H37N5O3. The van der Waals surface area contributed by atoms with Gasteiger partial charge in [-0.3, -0.25) is 14.4 Å². The van der Waals surface area contributed by atoms with Gasteiger partial charge in [0.15, 0.2) is 0 Å². The first kappa shape index (κ1) is 24.9. The lowest BCUT2D eigenvalue weighted by Gasteiger charge is -2.24. The number of likely N-dealkylation sites (tertiary alicyclic amines) is 2. The Hall–Kier alpha value is -3.16. The fourth-order valence-corrected chi connectivity index (χ4v) is 5.24. The monoisotopic (exact) mass is 479 g/mol. The number of aromatic nitrogens is 2. The van der Waals surface area contributed by atoms with E-state index in [1.807, 2.05) is 30.0 Å². The Bertz CT molecular complexity index is 1050. The standard InChI is InChI=1S/C27H37N5O3/c1-3-19(2)14-20-15-23(27(35)29-17-22-16-21-8-7-11-28-26(21)30-22)32(18-20)25(34)10-6-9-24(33)31-12-4-5-13-31/h3,7-8,11,16,20,23H,4-6,9-10,12-15,17-18H2,1-2H3,(H,28,30)(H,29,35)/b19-3+/t20-,23+/m1/s1. The van der Waals surface area contributed by atoms with Crippen LogP contribution in [0.15, 0.2) is 36.0 Å². The summed E-state index contributed by atoms with van der Waals surface area (Å²) in [5.41, 5.74) is 2.94. The zero-order valence-electron chi connectivity index (χ0n) is 20.9. The van der Waals surface area contributed by atoms with E-state index >= 15 is 0 Å². The van der Waals surface area contributed by atoms with Crippen molar-refractivity contribution in [1.29, 1.82) is 0 Å². The van der Waals surface area contributed by atoms with Gasteiger partial charge in [-0.25, -0.2) is 4.98 Å². The summed E-state index contributed by atoms with van der Waals surface area (Å²) in [5.74, 6) is 0.239. The zero-order chi connectivity index (χ0) is 24.8. The minimum atomic E-state index is -0.478. The molecule has 2 aromatic heterocycles. The van der Waals surface area contributed by atoms with Crippen LogP contribution >= 0.6 is 0 Å². The number of rotatable bonds is 9. The van der Waals surface area contributed by atoms with E-state index in [-0.39, 0.29) is 23.6 Å². The molecule has 8 heteroatoms. The molecule has 2 aliphatic heterocycles. The van der Waals surface area contributed by atoms with Crippen LogP contribution in [0.3, 0.4) is 0 Å². The zero-order valence-corrected chi connectivity index (χ0v) is 20.9. The Kier molecular flexibility index (Phi) is 8.21. The minimum Gasteiger partial charge on any atom is -0.349 e. The first-order chi connectivity index (χ1) is 16.9. The molecule has 2 atom stereocenters. The Morgan fingerprint density at radius 2 is 1.97 bits per heavy atom. The van der Waals surface area contributed by atoms with Crippen LogP contribution in [0.4, 0.5) is 0 Å². The minimum absolute atomic E-state index is 0.0326. The van der Waals surface area contributed by atoms with Crippen molar-refractivity contribution < 1.29 is 14.4 Å². The Morgan fingerprint density at radius 3 is 2.71 bits per heavy atom. The van der Waals surface area contributed by atoms with Gasteiger partial charge in [-0.2, -0.15) is 0 Å². The molecule has 2 N–H and O–H groups in total. The summed E-state index contributed by atoms with van der Waals surface area (Å²) >= 11 is 0. The molecule has 188 valence electrons. The molecule has 4 heterocycles. The molecule has 35 heavy (non-hydrogen) atoms. The van der Waals surface area contributed by atoms with Crippen LogP contribution in [-0.2, 0) is 20.9 Å². The molecule has 2 aliphatic rings. The van der Waals surface area contributed by atoms with Crippen molar-refractivity contribution in [2.75, 3.05) is 19.6 Å². The van der Waals surface area contributed by atoms with E-state index in [0.717, 1.165) is 49.1 Å². The van der Waals surface area contributed by atoms with Gasteiger partial charge >= 0.3 is 0 Å². The van der Waals surface area contributed by atoms with Gasteiger partial charge in [-0.15, -0.1) is 0 Å². The summed E-state index contributed by atoms with van der Waals surface area (Å²) in [5, 5.41) is 4.02. The van der Waals surface area contributed by atoms with E-state index in [4.69, 9.17) is 0 Å². The van der Waals surface area contributed by atoms with Crippen LogP contribution in [0.5, 0.6) is 0 Å². The number of carbonyl (C=O) groups is 3.